The number of benzene rings is 1. The van der Waals surface area contributed by atoms with Gasteiger partial charge in [0.1, 0.15) is 4.99 Å². The quantitative estimate of drug-likeness (QED) is 0.831. The average molecular weight is 296 g/mol. The first-order valence-electron chi connectivity index (χ1n) is 5.99. The van der Waals surface area contributed by atoms with E-state index in [0.29, 0.717) is 6.54 Å². The summed E-state index contributed by atoms with van der Waals surface area (Å²) in [5.74, 6) is -2.01. The standard InChI is InChI=1S/C13H14F2N4S/c1-8(6-19-5-4-17-7-19)18-10-3-2-9(13(16)20)11(14)12(10)15/h2-5,7-8,18H,6H2,1H3,(H2,16,20). The number of hydrogen-bond acceptors (Lipinski definition) is 3. The molecule has 0 saturated carbocycles. The van der Waals surface area contributed by atoms with Crippen molar-refractivity contribution >= 4 is 22.9 Å². The molecule has 0 aliphatic heterocycles. The zero-order chi connectivity index (χ0) is 14.7. The number of rotatable bonds is 5. The van der Waals surface area contributed by atoms with Crippen LogP contribution in [0.25, 0.3) is 0 Å². The first kappa shape index (κ1) is 14.4. The van der Waals surface area contributed by atoms with Crippen LogP contribution in [0.5, 0.6) is 0 Å². The highest BCUT2D eigenvalue weighted by Crippen LogP contribution is 2.21. The highest BCUT2D eigenvalue weighted by molar-refractivity contribution is 7.80. The minimum atomic E-state index is -1.03. The number of nitrogens with one attached hydrogen (secondary N) is 1. The maximum absolute atomic E-state index is 13.9. The van der Waals surface area contributed by atoms with E-state index in [-0.39, 0.29) is 22.3 Å². The van der Waals surface area contributed by atoms with E-state index in [4.69, 9.17) is 5.73 Å². The predicted molar refractivity (Wildman–Crippen MR) is 77.6 cm³/mol. The molecule has 20 heavy (non-hydrogen) atoms. The second-order valence-electron chi connectivity index (χ2n) is 4.46. The Morgan fingerprint density at radius 1 is 1.45 bits per heavy atom. The monoisotopic (exact) mass is 296 g/mol. The van der Waals surface area contributed by atoms with Crippen LogP contribution >= 0.6 is 12.2 Å². The Bertz CT molecular complexity index is 613. The van der Waals surface area contributed by atoms with Gasteiger partial charge in [-0.1, -0.05) is 12.2 Å². The molecule has 0 aliphatic carbocycles. The molecule has 1 unspecified atom stereocenters. The molecule has 4 nitrogen and oxygen atoms in total. The Labute approximate surface area is 120 Å². The fourth-order valence-electron chi connectivity index (χ4n) is 1.87. The molecule has 0 fully saturated rings. The Morgan fingerprint density at radius 3 is 2.80 bits per heavy atom. The third-order valence-electron chi connectivity index (χ3n) is 2.79. The highest BCUT2D eigenvalue weighted by atomic mass is 32.1. The number of halogens is 2. The summed E-state index contributed by atoms with van der Waals surface area (Å²) in [6.45, 7) is 2.44. The summed E-state index contributed by atoms with van der Waals surface area (Å²) in [5.41, 5.74) is 5.31. The van der Waals surface area contributed by atoms with Gasteiger partial charge in [0, 0.05) is 30.5 Å². The Kier molecular flexibility index (Phi) is 4.29. The number of anilines is 1. The summed E-state index contributed by atoms with van der Waals surface area (Å²) in [6, 6.07) is 2.69. The van der Waals surface area contributed by atoms with Crippen LogP contribution in [-0.4, -0.2) is 20.6 Å². The molecule has 2 aromatic rings. The molecule has 0 saturated heterocycles. The fraction of sp³-hybridized carbons (Fsp3) is 0.231. The summed E-state index contributed by atoms with van der Waals surface area (Å²) in [7, 11) is 0. The van der Waals surface area contributed by atoms with Crippen LogP contribution in [0.15, 0.2) is 30.9 Å². The Balaban J connectivity index is 2.13. The second-order valence-corrected chi connectivity index (χ2v) is 4.90. The van der Waals surface area contributed by atoms with Crippen LogP contribution in [0.4, 0.5) is 14.5 Å². The molecule has 1 aromatic carbocycles. The largest absolute Gasteiger partial charge is 0.389 e. The summed E-state index contributed by atoms with van der Waals surface area (Å²) in [5, 5.41) is 2.91. The molecular formula is C13H14F2N4S. The maximum Gasteiger partial charge on any atom is 0.182 e. The molecule has 1 aromatic heterocycles. The molecule has 1 heterocycles. The molecule has 7 heteroatoms. The normalized spacial score (nSPS) is 12.2. The van der Waals surface area contributed by atoms with Crippen LogP contribution in [0, 0.1) is 11.6 Å². The van der Waals surface area contributed by atoms with E-state index in [9.17, 15) is 8.78 Å². The third kappa shape index (κ3) is 3.11. The van der Waals surface area contributed by atoms with Gasteiger partial charge in [-0.3, -0.25) is 0 Å². The molecular weight excluding hydrogens is 282 g/mol. The van der Waals surface area contributed by atoms with Crippen LogP contribution in [0.1, 0.15) is 12.5 Å². The number of imidazole rings is 1. The first-order valence-corrected chi connectivity index (χ1v) is 6.40. The van der Waals surface area contributed by atoms with E-state index in [1.54, 1.807) is 18.7 Å². The average Bonchev–Trinajstić information content (AvgIpc) is 2.87. The maximum atomic E-state index is 13.9. The van der Waals surface area contributed by atoms with Gasteiger partial charge in [0.15, 0.2) is 11.6 Å². The van der Waals surface area contributed by atoms with Gasteiger partial charge < -0.3 is 15.6 Å². The summed E-state index contributed by atoms with van der Waals surface area (Å²) >= 11 is 4.66. The van der Waals surface area contributed by atoms with Crippen LogP contribution in [-0.2, 0) is 6.54 Å². The van der Waals surface area contributed by atoms with E-state index in [0.717, 1.165) is 0 Å². The lowest BCUT2D eigenvalue weighted by Crippen LogP contribution is -2.22. The Morgan fingerprint density at radius 2 is 2.20 bits per heavy atom. The Hall–Kier alpha value is -2.02. The number of nitrogens with zero attached hydrogens (tertiary/aromatic N) is 2. The molecule has 106 valence electrons. The first-order chi connectivity index (χ1) is 9.49. The number of hydrogen-bond donors (Lipinski definition) is 2. The van der Waals surface area contributed by atoms with Gasteiger partial charge >= 0.3 is 0 Å². The number of nitrogens with two attached hydrogens (primary N) is 1. The van der Waals surface area contributed by atoms with Gasteiger partial charge in [-0.05, 0) is 19.1 Å². The van der Waals surface area contributed by atoms with E-state index >= 15 is 0 Å². The van der Waals surface area contributed by atoms with E-state index < -0.39 is 11.6 Å². The fourth-order valence-corrected chi connectivity index (χ4v) is 2.03. The molecule has 0 spiro atoms. The molecule has 2 rings (SSSR count). The van der Waals surface area contributed by atoms with Gasteiger partial charge in [0.2, 0.25) is 0 Å². The summed E-state index contributed by atoms with van der Waals surface area (Å²) < 4.78 is 29.5. The predicted octanol–water partition coefficient (Wildman–Crippen LogP) is 2.30. The van der Waals surface area contributed by atoms with Crippen molar-refractivity contribution in [2.24, 2.45) is 5.73 Å². The van der Waals surface area contributed by atoms with Crippen LogP contribution in [0.3, 0.4) is 0 Å². The molecule has 0 radical (unpaired) electrons. The number of thiocarbonyl (C=S) groups is 1. The molecule has 3 N–H and O–H groups in total. The van der Waals surface area contributed by atoms with Crippen LogP contribution < -0.4 is 11.1 Å². The van der Waals surface area contributed by atoms with Crippen molar-refractivity contribution < 1.29 is 8.78 Å². The van der Waals surface area contributed by atoms with Crippen molar-refractivity contribution in [2.45, 2.75) is 19.5 Å². The third-order valence-corrected chi connectivity index (χ3v) is 3.01. The zero-order valence-electron chi connectivity index (χ0n) is 10.8. The van der Waals surface area contributed by atoms with Crippen LogP contribution in [0.2, 0.25) is 0 Å². The van der Waals surface area contributed by atoms with Gasteiger partial charge in [-0.25, -0.2) is 13.8 Å². The highest BCUT2D eigenvalue weighted by Gasteiger charge is 2.16. The van der Waals surface area contributed by atoms with Crippen molar-refractivity contribution in [1.29, 1.82) is 0 Å². The molecule has 0 amide bonds. The second kappa shape index (κ2) is 5.96. The molecule has 1 atom stereocenters. The minimum Gasteiger partial charge on any atom is -0.389 e. The summed E-state index contributed by atoms with van der Waals surface area (Å²) in [6.07, 6.45) is 5.11. The van der Waals surface area contributed by atoms with Gasteiger partial charge in [-0.2, -0.15) is 0 Å². The number of aromatic nitrogens is 2. The van der Waals surface area contributed by atoms with E-state index in [2.05, 4.69) is 22.5 Å². The van der Waals surface area contributed by atoms with Crippen molar-refractivity contribution in [3.8, 4) is 0 Å². The van der Waals surface area contributed by atoms with Crippen molar-refractivity contribution in [3.05, 3.63) is 48.1 Å². The molecule has 0 bridgehead atoms. The van der Waals surface area contributed by atoms with E-state index in [1.807, 2.05) is 11.5 Å². The SMILES string of the molecule is CC(Cn1ccnc1)Nc1ccc(C(N)=S)c(F)c1F. The topological polar surface area (TPSA) is 55.9 Å². The lowest BCUT2D eigenvalue weighted by molar-refractivity contribution is 0.506. The van der Waals surface area contributed by atoms with Crippen molar-refractivity contribution in [1.82, 2.24) is 9.55 Å². The van der Waals surface area contributed by atoms with Gasteiger partial charge in [-0.15, -0.1) is 0 Å². The zero-order valence-corrected chi connectivity index (χ0v) is 11.6. The van der Waals surface area contributed by atoms with E-state index in [1.165, 1.54) is 12.1 Å². The van der Waals surface area contributed by atoms with Crippen molar-refractivity contribution in [3.63, 3.8) is 0 Å². The summed E-state index contributed by atoms with van der Waals surface area (Å²) in [4.78, 5) is 3.75. The van der Waals surface area contributed by atoms with Gasteiger partial charge in [0.05, 0.1) is 12.0 Å². The van der Waals surface area contributed by atoms with Crippen molar-refractivity contribution in [2.75, 3.05) is 5.32 Å². The smallest absolute Gasteiger partial charge is 0.182 e. The lowest BCUT2D eigenvalue weighted by Gasteiger charge is -2.17. The minimum absolute atomic E-state index is 0.0788. The molecule has 0 aliphatic rings. The van der Waals surface area contributed by atoms with Gasteiger partial charge in [0.25, 0.3) is 0 Å². The lowest BCUT2D eigenvalue weighted by atomic mass is 10.1.